The Hall–Kier alpha value is -2.36. The Labute approximate surface area is 122 Å². The van der Waals surface area contributed by atoms with Crippen LogP contribution in [0.3, 0.4) is 0 Å². The molecule has 0 fully saturated rings. The lowest BCUT2D eigenvalue weighted by molar-refractivity contribution is 0.475. The molecule has 0 spiro atoms. The quantitative estimate of drug-likeness (QED) is 0.789. The minimum absolute atomic E-state index is 0.242. The molecule has 0 aliphatic carbocycles. The van der Waals surface area contributed by atoms with E-state index in [1.165, 1.54) is 6.07 Å². The maximum atomic E-state index is 13.9. The van der Waals surface area contributed by atoms with Crippen LogP contribution in [0, 0.1) is 5.82 Å². The summed E-state index contributed by atoms with van der Waals surface area (Å²) >= 11 is 0. The zero-order chi connectivity index (χ0) is 14.8. The lowest BCUT2D eigenvalue weighted by Crippen LogP contribution is -2.04. The van der Waals surface area contributed by atoms with Crippen molar-refractivity contribution in [3.8, 4) is 5.75 Å². The van der Waals surface area contributed by atoms with Gasteiger partial charge in [-0.2, -0.15) is 0 Å². The molecular weight excluding hydrogens is 267 g/mol. The number of rotatable bonds is 4. The van der Waals surface area contributed by atoms with Gasteiger partial charge in [0.2, 0.25) is 0 Å². The molecule has 1 heterocycles. The fourth-order valence-electron chi connectivity index (χ4n) is 2.57. The molecule has 3 nitrogen and oxygen atoms in total. The average molecular weight is 284 g/mol. The summed E-state index contributed by atoms with van der Waals surface area (Å²) in [5.41, 5.74) is 2.31. The van der Waals surface area contributed by atoms with Crippen LogP contribution >= 0.6 is 0 Å². The summed E-state index contributed by atoms with van der Waals surface area (Å²) < 4.78 is 16.0. The number of aryl methyl sites for hydroxylation is 1. The van der Waals surface area contributed by atoms with Crippen LogP contribution in [0.4, 0.5) is 4.39 Å². The second kappa shape index (κ2) is 5.56. The number of benzene rings is 2. The van der Waals surface area contributed by atoms with Crippen molar-refractivity contribution in [1.29, 1.82) is 0 Å². The van der Waals surface area contributed by atoms with E-state index in [1.807, 2.05) is 18.2 Å². The van der Waals surface area contributed by atoms with Gasteiger partial charge in [-0.05, 0) is 36.2 Å². The summed E-state index contributed by atoms with van der Waals surface area (Å²) in [6, 6.07) is 12.1. The van der Waals surface area contributed by atoms with E-state index in [0.717, 1.165) is 29.9 Å². The summed E-state index contributed by atoms with van der Waals surface area (Å²) in [5, 5.41) is 9.34. The predicted octanol–water partition coefficient (Wildman–Crippen LogP) is 3.88. The van der Waals surface area contributed by atoms with Crippen molar-refractivity contribution in [2.24, 2.45) is 0 Å². The third kappa shape index (κ3) is 2.61. The van der Waals surface area contributed by atoms with Crippen molar-refractivity contribution in [3.05, 3.63) is 59.7 Å². The second-order valence-corrected chi connectivity index (χ2v) is 5.13. The molecule has 0 amide bonds. The summed E-state index contributed by atoms with van der Waals surface area (Å²) in [7, 11) is 0. The first-order valence-electron chi connectivity index (χ1n) is 7.10. The Kier molecular flexibility index (Phi) is 3.60. The SMILES string of the molecule is CCCn1c(Cc2ccc(O)cc2)nc2c(F)cccc21. The molecule has 1 N–H and O–H groups in total. The first kappa shape index (κ1) is 13.6. The van der Waals surface area contributed by atoms with Gasteiger partial charge in [-0.25, -0.2) is 9.37 Å². The highest BCUT2D eigenvalue weighted by Crippen LogP contribution is 2.22. The fourth-order valence-corrected chi connectivity index (χ4v) is 2.57. The minimum atomic E-state index is -0.283. The first-order chi connectivity index (χ1) is 10.2. The van der Waals surface area contributed by atoms with Gasteiger partial charge >= 0.3 is 0 Å². The first-order valence-corrected chi connectivity index (χ1v) is 7.10. The number of halogens is 1. The van der Waals surface area contributed by atoms with Crippen LogP contribution in [-0.2, 0) is 13.0 Å². The van der Waals surface area contributed by atoms with E-state index in [2.05, 4.69) is 16.5 Å². The largest absolute Gasteiger partial charge is 0.508 e. The van der Waals surface area contributed by atoms with E-state index in [0.29, 0.717) is 11.9 Å². The average Bonchev–Trinajstić information content (AvgIpc) is 2.82. The number of hydrogen-bond acceptors (Lipinski definition) is 2. The molecule has 2 aromatic carbocycles. The number of nitrogens with zero attached hydrogens (tertiary/aromatic N) is 2. The molecule has 21 heavy (non-hydrogen) atoms. The molecule has 108 valence electrons. The molecule has 1 aromatic heterocycles. The van der Waals surface area contributed by atoms with E-state index < -0.39 is 0 Å². The molecular formula is C17H17FN2O. The lowest BCUT2D eigenvalue weighted by Gasteiger charge is -2.08. The van der Waals surface area contributed by atoms with Gasteiger partial charge in [-0.3, -0.25) is 0 Å². The fraction of sp³-hybridized carbons (Fsp3) is 0.235. The van der Waals surface area contributed by atoms with Gasteiger partial charge in [0, 0.05) is 13.0 Å². The number of phenolic OH excluding ortho intramolecular Hbond substituents is 1. The van der Waals surface area contributed by atoms with Gasteiger partial charge in [-0.15, -0.1) is 0 Å². The van der Waals surface area contributed by atoms with Crippen molar-refractivity contribution in [2.75, 3.05) is 0 Å². The molecule has 0 saturated carbocycles. The van der Waals surface area contributed by atoms with E-state index in [9.17, 15) is 9.50 Å². The third-order valence-corrected chi connectivity index (χ3v) is 3.55. The van der Waals surface area contributed by atoms with Crippen LogP contribution in [-0.4, -0.2) is 14.7 Å². The molecule has 0 atom stereocenters. The Morgan fingerprint density at radius 1 is 1.14 bits per heavy atom. The number of hydrogen-bond donors (Lipinski definition) is 1. The zero-order valence-electron chi connectivity index (χ0n) is 11.9. The predicted molar refractivity (Wildman–Crippen MR) is 80.9 cm³/mol. The molecule has 0 bridgehead atoms. The normalized spacial score (nSPS) is 11.1. The molecule has 0 radical (unpaired) electrons. The van der Waals surface area contributed by atoms with Crippen LogP contribution in [0.1, 0.15) is 24.7 Å². The summed E-state index contributed by atoms with van der Waals surface area (Å²) in [4.78, 5) is 4.47. The highest BCUT2D eigenvalue weighted by molar-refractivity contribution is 5.76. The van der Waals surface area contributed by atoms with Crippen molar-refractivity contribution < 1.29 is 9.50 Å². The maximum absolute atomic E-state index is 13.9. The Morgan fingerprint density at radius 2 is 1.90 bits per heavy atom. The molecule has 0 aliphatic heterocycles. The number of aromatic hydroxyl groups is 1. The van der Waals surface area contributed by atoms with Crippen LogP contribution < -0.4 is 0 Å². The van der Waals surface area contributed by atoms with Crippen LogP contribution in [0.15, 0.2) is 42.5 Å². The van der Waals surface area contributed by atoms with E-state index in [-0.39, 0.29) is 11.6 Å². The molecule has 0 aliphatic rings. The molecule has 0 unspecified atom stereocenters. The van der Waals surface area contributed by atoms with Gasteiger partial charge < -0.3 is 9.67 Å². The van der Waals surface area contributed by atoms with Gasteiger partial charge in [0.15, 0.2) is 5.82 Å². The topological polar surface area (TPSA) is 38.0 Å². The van der Waals surface area contributed by atoms with Gasteiger partial charge in [0.05, 0.1) is 5.52 Å². The number of para-hydroxylation sites is 1. The lowest BCUT2D eigenvalue weighted by atomic mass is 10.1. The molecule has 3 aromatic rings. The second-order valence-electron chi connectivity index (χ2n) is 5.13. The number of phenols is 1. The maximum Gasteiger partial charge on any atom is 0.151 e. The molecule has 3 rings (SSSR count). The Morgan fingerprint density at radius 3 is 2.62 bits per heavy atom. The van der Waals surface area contributed by atoms with Gasteiger partial charge in [0.25, 0.3) is 0 Å². The Bertz CT molecular complexity index is 762. The summed E-state index contributed by atoms with van der Waals surface area (Å²) in [5.74, 6) is 0.809. The number of fused-ring (bicyclic) bond motifs is 1. The third-order valence-electron chi connectivity index (χ3n) is 3.55. The highest BCUT2D eigenvalue weighted by atomic mass is 19.1. The monoisotopic (exact) mass is 284 g/mol. The standard InChI is InChI=1S/C17H17FN2O/c1-2-10-20-15-5-3-4-14(18)17(15)19-16(20)11-12-6-8-13(21)9-7-12/h3-9,21H,2,10-11H2,1H3. The van der Waals surface area contributed by atoms with Crippen molar-refractivity contribution in [3.63, 3.8) is 0 Å². The van der Waals surface area contributed by atoms with Crippen LogP contribution in [0.2, 0.25) is 0 Å². The van der Waals surface area contributed by atoms with Crippen LogP contribution in [0.25, 0.3) is 11.0 Å². The smallest absolute Gasteiger partial charge is 0.151 e. The van der Waals surface area contributed by atoms with E-state index in [4.69, 9.17) is 0 Å². The van der Waals surface area contributed by atoms with Gasteiger partial charge in [0.1, 0.15) is 17.1 Å². The summed E-state index contributed by atoms with van der Waals surface area (Å²) in [6.45, 7) is 2.91. The molecule has 0 saturated heterocycles. The molecule has 4 heteroatoms. The number of imidazole rings is 1. The minimum Gasteiger partial charge on any atom is -0.508 e. The van der Waals surface area contributed by atoms with E-state index in [1.54, 1.807) is 18.2 Å². The summed E-state index contributed by atoms with van der Waals surface area (Å²) in [6.07, 6.45) is 1.58. The van der Waals surface area contributed by atoms with Crippen molar-refractivity contribution in [2.45, 2.75) is 26.3 Å². The number of aromatic nitrogens is 2. The van der Waals surface area contributed by atoms with Crippen molar-refractivity contribution in [1.82, 2.24) is 9.55 Å². The van der Waals surface area contributed by atoms with Crippen LogP contribution in [0.5, 0.6) is 5.75 Å². The Balaban J connectivity index is 2.06. The van der Waals surface area contributed by atoms with Gasteiger partial charge in [-0.1, -0.05) is 25.1 Å². The van der Waals surface area contributed by atoms with Crippen molar-refractivity contribution >= 4 is 11.0 Å². The zero-order valence-corrected chi connectivity index (χ0v) is 11.9. The van der Waals surface area contributed by atoms with E-state index >= 15 is 0 Å². The highest BCUT2D eigenvalue weighted by Gasteiger charge is 2.13.